The largest absolute Gasteiger partial charge is 0.479 e. The maximum absolute atomic E-state index is 12.0. The summed E-state index contributed by atoms with van der Waals surface area (Å²) in [5.74, 6) is -2.07. The normalized spacial score (nSPS) is 40.2. The highest BCUT2D eigenvalue weighted by atomic mass is 16.7. The van der Waals surface area contributed by atoms with Gasteiger partial charge < -0.3 is 59.6 Å². The monoisotopic (exact) mass is 537 g/mol. The van der Waals surface area contributed by atoms with Crippen LogP contribution in [0.25, 0.3) is 0 Å². The Morgan fingerprint density at radius 2 is 1.49 bits per heavy atom. The van der Waals surface area contributed by atoms with Gasteiger partial charge in [0.05, 0.1) is 13.2 Å². The summed E-state index contributed by atoms with van der Waals surface area (Å²) in [6, 6.07) is -1.11. The van der Waals surface area contributed by atoms with E-state index in [0.717, 1.165) is 19.3 Å². The topological polar surface area (TPSA) is 214 Å². The second-order valence-electron chi connectivity index (χ2n) is 9.74. The first-order chi connectivity index (χ1) is 17.6. The molecule has 11 atom stereocenters. The van der Waals surface area contributed by atoms with Crippen LogP contribution in [0.4, 0.5) is 0 Å². The number of methoxy groups -OCH3 is 1. The summed E-state index contributed by atoms with van der Waals surface area (Å²) < 4.78 is 27.9. The van der Waals surface area contributed by atoms with Gasteiger partial charge in [0.25, 0.3) is 0 Å². The molecule has 14 heteroatoms. The van der Waals surface area contributed by atoms with E-state index in [-0.39, 0.29) is 5.92 Å². The van der Waals surface area contributed by atoms with Crippen LogP contribution in [0.5, 0.6) is 0 Å². The Morgan fingerprint density at radius 3 is 2.00 bits per heavy atom. The Morgan fingerprint density at radius 1 is 0.919 bits per heavy atom. The third-order valence-electron chi connectivity index (χ3n) is 7.19. The minimum atomic E-state index is -1.75. The molecule has 37 heavy (non-hydrogen) atoms. The van der Waals surface area contributed by atoms with Crippen LogP contribution in [0.1, 0.15) is 39.0 Å². The summed E-state index contributed by atoms with van der Waals surface area (Å²) in [4.78, 5) is 23.9. The Kier molecular flexibility index (Phi) is 11.0. The van der Waals surface area contributed by atoms with Crippen LogP contribution >= 0.6 is 0 Å². The molecule has 0 bridgehead atoms. The van der Waals surface area contributed by atoms with Crippen LogP contribution in [0.2, 0.25) is 0 Å². The van der Waals surface area contributed by atoms with E-state index in [2.05, 4.69) is 5.32 Å². The van der Waals surface area contributed by atoms with E-state index >= 15 is 0 Å². The number of nitrogens with one attached hydrogen (secondary N) is 1. The van der Waals surface area contributed by atoms with Crippen molar-refractivity contribution < 1.29 is 63.9 Å². The number of carbonyl (C=O) groups excluding carboxylic acids is 1. The van der Waals surface area contributed by atoms with E-state index in [0.29, 0.717) is 12.8 Å². The van der Waals surface area contributed by atoms with Gasteiger partial charge in [-0.15, -0.1) is 0 Å². The zero-order valence-corrected chi connectivity index (χ0v) is 20.9. The average Bonchev–Trinajstić information content (AvgIpc) is 2.87. The van der Waals surface area contributed by atoms with Crippen molar-refractivity contribution in [1.29, 1.82) is 0 Å². The van der Waals surface area contributed by atoms with Crippen molar-refractivity contribution in [2.24, 2.45) is 5.92 Å². The zero-order valence-electron chi connectivity index (χ0n) is 20.9. The van der Waals surface area contributed by atoms with Crippen molar-refractivity contribution >= 4 is 11.9 Å². The minimum Gasteiger partial charge on any atom is -0.479 e. The fourth-order valence-corrected chi connectivity index (χ4v) is 5.28. The molecule has 1 amide bonds. The number of aliphatic carboxylic acids is 1. The molecule has 2 heterocycles. The summed E-state index contributed by atoms with van der Waals surface area (Å²) in [5.41, 5.74) is 0. The van der Waals surface area contributed by atoms with Crippen LogP contribution in [0.3, 0.4) is 0 Å². The molecule has 1 aliphatic carbocycles. The molecule has 3 fully saturated rings. The molecule has 0 radical (unpaired) electrons. The number of hydrogen-bond acceptors (Lipinski definition) is 12. The van der Waals surface area contributed by atoms with Crippen LogP contribution in [-0.2, 0) is 33.3 Å². The fourth-order valence-electron chi connectivity index (χ4n) is 5.28. The lowest BCUT2D eigenvalue weighted by molar-refractivity contribution is -0.349. The maximum atomic E-state index is 12.0. The molecule has 3 aliphatic rings. The van der Waals surface area contributed by atoms with Gasteiger partial charge in [-0.2, -0.15) is 0 Å². The summed E-state index contributed by atoms with van der Waals surface area (Å²) >= 11 is 0. The number of carboxylic acid groups (broad SMARTS) is 1. The van der Waals surface area contributed by atoms with Gasteiger partial charge in [-0.3, -0.25) is 4.79 Å². The summed E-state index contributed by atoms with van der Waals surface area (Å²) in [7, 11) is 1.29. The lowest BCUT2D eigenvalue weighted by Gasteiger charge is -2.48. The highest BCUT2D eigenvalue weighted by molar-refractivity contribution is 5.73. The Labute approximate surface area is 214 Å². The molecule has 14 nitrogen and oxygen atoms in total. The van der Waals surface area contributed by atoms with Gasteiger partial charge in [-0.1, -0.05) is 19.3 Å². The predicted octanol–water partition coefficient (Wildman–Crippen LogP) is -2.54. The maximum Gasteiger partial charge on any atom is 0.333 e. The van der Waals surface area contributed by atoms with Crippen LogP contribution < -0.4 is 5.32 Å². The number of hydrogen-bond donors (Lipinski definition) is 7. The van der Waals surface area contributed by atoms with Crippen LogP contribution in [0.15, 0.2) is 0 Å². The van der Waals surface area contributed by atoms with Gasteiger partial charge in [0, 0.05) is 14.0 Å². The van der Waals surface area contributed by atoms with Crippen LogP contribution in [0, 0.1) is 5.92 Å². The quantitative estimate of drug-likeness (QED) is 0.153. The number of aliphatic hydroxyl groups is 5. The first-order valence-electron chi connectivity index (χ1n) is 12.5. The standard InChI is InChI=1S/C23H39NO13/c1-10(27)24-14-19(15(28)12(8-25)34-22(14)33-2)37-23-17(30)20(16(29)13(9-26)35-23)36-18(21(31)32)11-6-4-3-5-7-11/h11-20,22-23,25-26,28-30H,3-9H2,1-2H3,(H,24,27)(H,31,32)/t12-,13-,14-,15+,16+,17-,18+,19-,20+,22-,23+/m1/s1. The van der Waals surface area contributed by atoms with Crippen LogP contribution in [-0.4, -0.2) is 130 Å². The minimum absolute atomic E-state index is 0.324. The van der Waals surface area contributed by atoms with Gasteiger partial charge in [0.1, 0.15) is 48.8 Å². The second-order valence-corrected chi connectivity index (χ2v) is 9.74. The molecular formula is C23H39NO13. The van der Waals surface area contributed by atoms with Crippen molar-refractivity contribution in [3.05, 3.63) is 0 Å². The first-order valence-corrected chi connectivity index (χ1v) is 12.5. The zero-order chi connectivity index (χ0) is 27.3. The molecule has 3 rings (SSSR count). The van der Waals surface area contributed by atoms with Crippen molar-refractivity contribution in [3.63, 3.8) is 0 Å². The lowest BCUT2D eigenvalue weighted by atomic mass is 9.85. The summed E-state index contributed by atoms with van der Waals surface area (Å²) in [6.45, 7) is -0.104. The van der Waals surface area contributed by atoms with E-state index in [9.17, 15) is 40.2 Å². The molecule has 7 N–H and O–H groups in total. The van der Waals surface area contributed by atoms with Crippen molar-refractivity contribution in [3.8, 4) is 0 Å². The number of rotatable bonds is 10. The second kappa shape index (κ2) is 13.6. The van der Waals surface area contributed by atoms with E-state index in [1.54, 1.807) is 0 Å². The number of carboxylic acids is 1. The predicted molar refractivity (Wildman–Crippen MR) is 122 cm³/mol. The summed E-state index contributed by atoms with van der Waals surface area (Å²) in [5, 5.41) is 64.4. The van der Waals surface area contributed by atoms with Gasteiger partial charge in [0.2, 0.25) is 5.91 Å². The Bertz CT molecular complexity index is 750. The van der Waals surface area contributed by atoms with Gasteiger partial charge >= 0.3 is 5.97 Å². The highest BCUT2D eigenvalue weighted by Gasteiger charge is 2.53. The molecule has 214 valence electrons. The molecule has 2 saturated heterocycles. The van der Waals surface area contributed by atoms with E-state index in [1.807, 2.05) is 0 Å². The van der Waals surface area contributed by atoms with Crippen molar-refractivity contribution in [1.82, 2.24) is 5.32 Å². The van der Waals surface area contributed by atoms with E-state index < -0.39 is 92.5 Å². The number of ether oxygens (including phenoxy) is 5. The fraction of sp³-hybridized carbons (Fsp3) is 0.913. The molecule has 0 aromatic rings. The van der Waals surface area contributed by atoms with Gasteiger partial charge in [-0.05, 0) is 18.8 Å². The molecule has 0 spiro atoms. The van der Waals surface area contributed by atoms with Gasteiger partial charge in [0.15, 0.2) is 18.7 Å². The number of aliphatic hydroxyl groups excluding tert-OH is 5. The van der Waals surface area contributed by atoms with E-state index in [4.69, 9.17) is 23.7 Å². The van der Waals surface area contributed by atoms with Crippen molar-refractivity contribution in [2.45, 2.75) is 106 Å². The number of carbonyl (C=O) groups is 2. The molecule has 2 aliphatic heterocycles. The smallest absolute Gasteiger partial charge is 0.333 e. The Balaban J connectivity index is 1.85. The lowest BCUT2D eigenvalue weighted by Crippen LogP contribution is -2.68. The van der Waals surface area contributed by atoms with Gasteiger partial charge in [-0.25, -0.2) is 4.79 Å². The Hall–Kier alpha value is -1.46. The summed E-state index contributed by atoms with van der Waals surface area (Å²) in [6.07, 6.45) is -10.4. The highest BCUT2D eigenvalue weighted by Crippen LogP contribution is 2.34. The molecule has 0 aromatic heterocycles. The third-order valence-corrected chi connectivity index (χ3v) is 7.19. The SMILES string of the molecule is CO[C@@H]1O[C@H](CO)[C@H](O)[C@H](O[C@@H]2O[C@H](CO)[C@H](O)[C@H](O[C@H](C(=O)O)C3CCCCC3)[C@H]2O)[C@H]1NC(C)=O. The molecular weight excluding hydrogens is 498 g/mol. The first kappa shape index (κ1) is 30.1. The number of amides is 1. The van der Waals surface area contributed by atoms with Crippen molar-refractivity contribution in [2.75, 3.05) is 20.3 Å². The molecule has 0 unspecified atom stereocenters. The third kappa shape index (κ3) is 6.95. The molecule has 1 saturated carbocycles. The molecule has 0 aromatic carbocycles. The average molecular weight is 538 g/mol. The van der Waals surface area contributed by atoms with E-state index in [1.165, 1.54) is 14.0 Å².